The normalized spacial score (nSPS) is 21.9. The molecule has 108 valence electrons. The molecule has 1 aromatic carbocycles. The predicted molar refractivity (Wildman–Crippen MR) is 77.7 cm³/mol. The van der Waals surface area contributed by atoms with Crippen molar-refractivity contribution in [3.8, 4) is 0 Å². The third-order valence-corrected chi connectivity index (χ3v) is 4.03. The highest BCUT2D eigenvalue weighted by atomic mass is 16.2. The lowest BCUT2D eigenvalue weighted by Gasteiger charge is -2.21. The molecule has 1 aliphatic heterocycles. The average molecular weight is 275 g/mol. The van der Waals surface area contributed by atoms with Crippen molar-refractivity contribution in [1.82, 2.24) is 4.90 Å². The number of primary amides is 1. The van der Waals surface area contributed by atoms with Crippen LogP contribution in [0.25, 0.3) is 0 Å². The molecule has 1 aliphatic rings. The van der Waals surface area contributed by atoms with Crippen molar-refractivity contribution >= 4 is 17.5 Å². The molecule has 0 aliphatic carbocycles. The Morgan fingerprint density at radius 3 is 2.50 bits per heavy atom. The van der Waals surface area contributed by atoms with Crippen molar-refractivity contribution < 1.29 is 9.59 Å². The van der Waals surface area contributed by atoms with Gasteiger partial charge in [0.25, 0.3) is 0 Å². The van der Waals surface area contributed by atoms with E-state index in [9.17, 15) is 9.59 Å². The minimum absolute atomic E-state index is 0.0757. The number of hydrogen-bond acceptors (Lipinski definition) is 3. The van der Waals surface area contributed by atoms with E-state index in [1.165, 1.54) is 0 Å². The van der Waals surface area contributed by atoms with Crippen LogP contribution in [0.2, 0.25) is 0 Å². The van der Waals surface area contributed by atoms with Crippen LogP contribution in [-0.4, -0.2) is 29.8 Å². The van der Waals surface area contributed by atoms with E-state index in [4.69, 9.17) is 11.5 Å². The number of likely N-dealkylation sites (tertiary alicyclic amines) is 1. The highest BCUT2D eigenvalue weighted by Gasteiger charge is 2.40. The summed E-state index contributed by atoms with van der Waals surface area (Å²) in [5.74, 6) is -0.252. The highest BCUT2D eigenvalue weighted by Crippen LogP contribution is 2.29. The summed E-state index contributed by atoms with van der Waals surface area (Å²) in [6.07, 6.45) is 1.78. The second-order valence-corrected chi connectivity index (χ2v) is 5.73. The Labute approximate surface area is 118 Å². The zero-order chi connectivity index (χ0) is 14.8. The van der Waals surface area contributed by atoms with Crippen LogP contribution in [0.5, 0.6) is 0 Å². The summed E-state index contributed by atoms with van der Waals surface area (Å²) in [6.45, 7) is 2.87. The molecule has 0 saturated carbocycles. The van der Waals surface area contributed by atoms with E-state index < -0.39 is 5.41 Å². The van der Waals surface area contributed by atoms with E-state index in [1.807, 2.05) is 31.2 Å². The highest BCUT2D eigenvalue weighted by molar-refractivity contribution is 5.83. The van der Waals surface area contributed by atoms with E-state index in [0.29, 0.717) is 32.4 Å². The molecule has 2 rings (SSSR count). The Hall–Kier alpha value is -2.04. The van der Waals surface area contributed by atoms with Gasteiger partial charge < -0.3 is 16.4 Å². The number of anilines is 1. The fourth-order valence-electron chi connectivity index (χ4n) is 2.47. The molecule has 1 atom stereocenters. The number of aryl methyl sites for hydroxylation is 1. The molecule has 0 radical (unpaired) electrons. The molecule has 0 spiro atoms. The van der Waals surface area contributed by atoms with E-state index in [1.54, 1.807) is 4.90 Å². The number of nitrogen functional groups attached to an aromatic ring is 1. The number of amides is 2. The quantitative estimate of drug-likeness (QED) is 0.801. The monoisotopic (exact) mass is 275 g/mol. The van der Waals surface area contributed by atoms with Crippen LogP contribution in [0.1, 0.15) is 25.3 Å². The molecule has 2 amide bonds. The maximum absolute atomic E-state index is 12.1. The third-order valence-electron chi connectivity index (χ3n) is 4.03. The van der Waals surface area contributed by atoms with Crippen LogP contribution in [0, 0.1) is 5.41 Å². The summed E-state index contributed by atoms with van der Waals surface area (Å²) in [5, 5.41) is 0. The molecule has 20 heavy (non-hydrogen) atoms. The molecule has 0 aromatic heterocycles. The lowest BCUT2D eigenvalue weighted by molar-refractivity contribution is -0.131. The van der Waals surface area contributed by atoms with Crippen molar-refractivity contribution in [2.24, 2.45) is 11.1 Å². The van der Waals surface area contributed by atoms with E-state index in [2.05, 4.69) is 0 Å². The van der Waals surface area contributed by atoms with Gasteiger partial charge in [-0.2, -0.15) is 0 Å². The second-order valence-electron chi connectivity index (χ2n) is 5.73. The number of hydrogen-bond donors (Lipinski definition) is 2. The Morgan fingerprint density at radius 2 is 1.95 bits per heavy atom. The summed E-state index contributed by atoms with van der Waals surface area (Å²) in [5.41, 5.74) is 12.2. The van der Waals surface area contributed by atoms with E-state index in [-0.39, 0.29) is 11.8 Å². The minimum Gasteiger partial charge on any atom is -0.399 e. The molecule has 1 fully saturated rings. The molecule has 1 unspecified atom stereocenters. The Bertz CT molecular complexity index is 512. The smallest absolute Gasteiger partial charge is 0.225 e. The lowest BCUT2D eigenvalue weighted by atomic mass is 9.89. The Balaban J connectivity index is 1.87. The Kier molecular flexibility index (Phi) is 3.97. The Morgan fingerprint density at radius 1 is 1.30 bits per heavy atom. The van der Waals surface area contributed by atoms with Crippen molar-refractivity contribution in [1.29, 1.82) is 0 Å². The first-order valence-corrected chi connectivity index (χ1v) is 6.83. The fraction of sp³-hybridized carbons (Fsp3) is 0.467. The van der Waals surface area contributed by atoms with Gasteiger partial charge in [0, 0.05) is 25.2 Å². The van der Waals surface area contributed by atoms with Crippen LogP contribution in [-0.2, 0) is 16.0 Å². The minimum atomic E-state index is -0.573. The number of nitrogens with zero attached hydrogens (tertiary/aromatic N) is 1. The largest absolute Gasteiger partial charge is 0.399 e. The molecule has 5 heteroatoms. The summed E-state index contributed by atoms with van der Waals surface area (Å²) < 4.78 is 0. The van der Waals surface area contributed by atoms with Gasteiger partial charge in [0.2, 0.25) is 11.8 Å². The fourth-order valence-corrected chi connectivity index (χ4v) is 2.47. The van der Waals surface area contributed by atoms with Crippen LogP contribution in [0.4, 0.5) is 5.69 Å². The maximum Gasteiger partial charge on any atom is 0.225 e. The summed E-state index contributed by atoms with van der Waals surface area (Å²) >= 11 is 0. The molecular formula is C15H21N3O2. The molecular weight excluding hydrogens is 254 g/mol. The van der Waals surface area contributed by atoms with E-state index >= 15 is 0 Å². The number of carbonyl (C=O) groups excluding carboxylic acids is 2. The van der Waals surface area contributed by atoms with Gasteiger partial charge in [-0.15, -0.1) is 0 Å². The summed E-state index contributed by atoms with van der Waals surface area (Å²) in [6, 6.07) is 7.53. The van der Waals surface area contributed by atoms with Crippen LogP contribution < -0.4 is 11.5 Å². The molecule has 5 nitrogen and oxygen atoms in total. The number of rotatable bonds is 4. The first kappa shape index (κ1) is 14.4. The first-order valence-electron chi connectivity index (χ1n) is 6.83. The van der Waals surface area contributed by atoms with E-state index in [0.717, 1.165) is 11.3 Å². The number of carbonyl (C=O) groups is 2. The van der Waals surface area contributed by atoms with Crippen molar-refractivity contribution in [2.45, 2.75) is 26.2 Å². The maximum atomic E-state index is 12.1. The topological polar surface area (TPSA) is 89.4 Å². The van der Waals surface area contributed by atoms with Gasteiger partial charge >= 0.3 is 0 Å². The molecule has 1 saturated heterocycles. The van der Waals surface area contributed by atoms with Gasteiger partial charge in [-0.25, -0.2) is 0 Å². The van der Waals surface area contributed by atoms with Crippen LogP contribution >= 0.6 is 0 Å². The van der Waals surface area contributed by atoms with Gasteiger partial charge in [0.05, 0.1) is 5.41 Å². The zero-order valence-electron chi connectivity index (χ0n) is 11.8. The van der Waals surface area contributed by atoms with Crippen molar-refractivity contribution in [2.75, 3.05) is 18.8 Å². The van der Waals surface area contributed by atoms with Crippen molar-refractivity contribution in [3.05, 3.63) is 29.8 Å². The molecule has 1 aromatic rings. The predicted octanol–water partition coefficient (Wildman–Crippen LogP) is 0.925. The molecule has 1 heterocycles. The van der Waals surface area contributed by atoms with Gasteiger partial charge in [0.15, 0.2) is 0 Å². The lowest BCUT2D eigenvalue weighted by Crippen LogP contribution is -2.38. The standard InChI is InChI=1S/C15H21N3O2/c1-15(14(17)20)8-9-18(10-15)13(19)7-4-11-2-5-12(16)6-3-11/h2-3,5-6H,4,7-10,16H2,1H3,(H2,17,20). The van der Waals surface area contributed by atoms with Gasteiger partial charge in [0.1, 0.15) is 0 Å². The van der Waals surface area contributed by atoms with Gasteiger partial charge in [-0.05, 0) is 37.5 Å². The van der Waals surface area contributed by atoms with Crippen LogP contribution in [0.3, 0.4) is 0 Å². The second kappa shape index (κ2) is 5.53. The van der Waals surface area contributed by atoms with Gasteiger partial charge in [-0.1, -0.05) is 12.1 Å². The number of nitrogens with two attached hydrogens (primary N) is 2. The SMILES string of the molecule is CC1(C(N)=O)CCN(C(=O)CCc2ccc(N)cc2)C1. The summed E-state index contributed by atoms with van der Waals surface area (Å²) in [4.78, 5) is 25.3. The third kappa shape index (κ3) is 3.10. The average Bonchev–Trinajstić information content (AvgIpc) is 2.82. The molecule has 0 bridgehead atoms. The van der Waals surface area contributed by atoms with Crippen molar-refractivity contribution in [3.63, 3.8) is 0 Å². The zero-order valence-corrected chi connectivity index (χ0v) is 11.8. The molecule has 4 N–H and O–H groups in total. The summed E-state index contributed by atoms with van der Waals surface area (Å²) in [7, 11) is 0. The first-order chi connectivity index (χ1) is 9.40. The van der Waals surface area contributed by atoms with Gasteiger partial charge in [-0.3, -0.25) is 9.59 Å². The number of benzene rings is 1. The van der Waals surface area contributed by atoms with Crippen LogP contribution in [0.15, 0.2) is 24.3 Å².